The van der Waals surface area contributed by atoms with Crippen molar-refractivity contribution in [2.24, 2.45) is 23.7 Å². The maximum atomic E-state index is 14.0. The summed E-state index contributed by atoms with van der Waals surface area (Å²) in [5, 5.41) is 0. The van der Waals surface area contributed by atoms with E-state index in [0.29, 0.717) is 0 Å². The van der Waals surface area contributed by atoms with Crippen molar-refractivity contribution in [3.05, 3.63) is 41.5 Å². The van der Waals surface area contributed by atoms with Gasteiger partial charge < -0.3 is 0 Å². The summed E-state index contributed by atoms with van der Waals surface area (Å²) in [6, 6.07) is 9.64. The zero-order chi connectivity index (χ0) is 23.8. The Morgan fingerprint density at radius 3 is 1.45 bits per heavy atom. The number of allylic oxidation sites excluding steroid dienone is 2. The van der Waals surface area contributed by atoms with Gasteiger partial charge in [-0.3, -0.25) is 14.5 Å². The van der Waals surface area contributed by atoms with Crippen LogP contribution in [0.5, 0.6) is 0 Å². The molecule has 1 aliphatic heterocycles. The maximum Gasteiger partial charge on any atom is 0.238 e. The van der Waals surface area contributed by atoms with E-state index in [1.54, 1.807) is 16.0 Å². The minimum absolute atomic E-state index is 0.0577. The fourth-order valence-electron chi connectivity index (χ4n) is 6.28. The minimum atomic E-state index is -0.177. The second-order valence-corrected chi connectivity index (χ2v) is 10.2. The quantitative estimate of drug-likeness (QED) is 0.224. The number of carbonyl (C=O) groups excluding carboxylic acids is 2. The Morgan fingerprint density at radius 1 is 0.636 bits per heavy atom. The number of amides is 2. The standard InChI is InChI=1S/C30H45NO2/c1-5-9-18-23-24(19-10-6-2)26(21-12-8-4)28-27(25(23)20-11-7-3)29(32)31(30(28)33)22-16-14-13-15-17-22/h13-17,25-28H,5-12,18-21H2,1-4H3/t25-,26+,27-,28+. The molecular formula is C30H45NO2. The van der Waals surface area contributed by atoms with Gasteiger partial charge in [-0.2, -0.15) is 0 Å². The Labute approximate surface area is 202 Å². The molecule has 1 fully saturated rings. The second kappa shape index (κ2) is 12.5. The van der Waals surface area contributed by atoms with Crippen LogP contribution in [0.3, 0.4) is 0 Å². The zero-order valence-electron chi connectivity index (χ0n) is 21.4. The largest absolute Gasteiger partial charge is 0.274 e. The van der Waals surface area contributed by atoms with Gasteiger partial charge >= 0.3 is 0 Å². The lowest BCUT2D eigenvalue weighted by atomic mass is 9.60. The molecule has 0 saturated carbocycles. The summed E-state index contributed by atoms with van der Waals surface area (Å²) in [7, 11) is 0. The Morgan fingerprint density at radius 2 is 1.06 bits per heavy atom. The van der Waals surface area contributed by atoms with Crippen molar-refractivity contribution in [2.45, 2.75) is 105 Å². The summed E-state index contributed by atoms with van der Waals surface area (Å²) in [4.78, 5) is 29.5. The highest BCUT2D eigenvalue weighted by molar-refractivity contribution is 6.22. The van der Waals surface area contributed by atoms with Crippen LogP contribution in [0.15, 0.2) is 41.5 Å². The average Bonchev–Trinajstić information content (AvgIpc) is 3.09. The highest BCUT2D eigenvalue weighted by atomic mass is 16.2. The van der Waals surface area contributed by atoms with Gasteiger partial charge in [-0.1, -0.05) is 95.6 Å². The molecule has 0 spiro atoms. The van der Waals surface area contributed by atoms with Gasteiger partial charge in [0, 0.05) is 0 Å². The molecule has 3 heteroatoms. The molecule has 182 valence electrons. The van der Waals surface area contributed by atoms with E-state index in [0.717, 1.165) is 57.1 Å². The number of carbonyl (C=O) groups is 2. The first-order valence-corrected chi connectivity index (χ1v) is 13.7. The molecule has 1 saturated heterocycles. The van der Waals surface area contributed by atoms with Gasteiger partial charge in [0.2, 0.25) is 11.8 Å². The number of anilines is 1. The van der Waals surface area contributed by atoms with Crippen LogP contribution in [-0.2, 0) is 9.59 Å². The fraction of sp³-hybridized carbons (Fsp3) is 0.667. The van der Waals surface area contributed by atoms with Gasteiger partial charge in [0.25, 0.3) is 0 Å². The van der Waals surface area contributed by atoms with E-state index in [4.69, 9.17) is 0 Å². The lowest BCUT2D eigenvalue weighted by Gasteiger charge is -2.41. The zero-order valence-corrected chi connectivity index (χ0v) is 21.4. The summed E-state index contributed by atoms with van der Waals surface area (Å²) < 4.78 is 0. The lowest BCUT2D eigenvalue weighted by molar-refractivity contribution is -0.123. The highest BCUT2D eigenvalue weighted by Crippen LogP contribution is 2.53. The van der Waals surface area contributed by atoms with E-state index >= 15 is 0 Å². The van der Waals surface area contributed by atoms with Crippen LogP contribution in [0, 0.1) is 23.7 Å². The van der Waals surface area contributed by atoms with Crippen molar-refractivity contribution in [1.82, 2.24) is 0 Å². The van der Waals surface area contributed by atoms with E-state index in [9.17, 15) is 9.59 Å². The molecule has 0 bridgehead atoms. The van der Waals surface area contributed by atoms with Crippen molar-refractivity contribution < 1.29 is 9.59 Å². The monoisotopic (exact) mass is 451 g/mol. The van der Waals surface area contributed by atoms with E-state index in [1.165, 1.54) is 25.7 Å². The molecule has 1 aromatic carbocycles. The Hall–Kier alpha value is -1.90. The predicted octanol–water partition coefficient (Wildman–Crippen LogP) is 8.10. The van der Waals surface area contributed by atoms with Crippen LogP contribution in [0.2, 0.25) is 0 Å². The third kappa shape index (κ3) is 5.44. The first-order chi connectivity index (χ1) is 16.1. The van der Waals surface area contributed by atoms with Crippen LogP contribution in [0.1, 0.15) is 105 Å². The third-order valence-electron chi connectivity index (χ3n) is 7.92. The van der Waals surface area contributed by atoms with Crippen LogP contribution in [0.4, 0.5) is 5.69 Å². The summed E-state index contributed by atoms with van der Waals surface area (Å²) >= 11 is 0. The first kappa shape index (κ1) is 25.7. The number of para-hydroxylation sites is 1. The van der Waals surface area contributed by atoms with Gasteiger partial charge in [-0.25, -0.2) is 0 Å². The SMILES string of the molecule is CCCCC1=C(CCCC)[C@H](CCCC)[C@@H]2C(=O)N(c3ccccc3)C(=O)[C@@H]2[C@@H]1CCCC. The van der Waals surface area contributed by atoms with E-state index < -0.39 is 0 Å². The van der Waals surface area contributed by atoms with Crippen LogP contribution in [0.25, 0.3) is 0 Å². The summed E-state index contributed by atoms with van der Waals surface area (Å²) in [5.41, 5.74) is 3.88. The maximum absolute atomic E-state index is 14.0. The molecule has 3 nitrogen and oxygen atoms in total. The van der Waals surface area contributed by atoms with Crippen LogP contribution in [-0.4, -0.2) is 11.8 Å². The highest BCUT2D eigenvalue weighted by Gasteiger charge is 2.57. The first-order valence-electron chi connectivity index (χ1n) is 13.7. The number of nitrogens with zero attached hydrogens (tertiary/aromatic N) is 1. The van der Waals surface area contributed by atoms with Gasteiger partial charge in [-0.15, -0.1) is 0 Å². The molecule has 33 heavy (non-hydrogen) atoms. The molecule has 0 unspecified atom stereocenters. The van der Waals surface area contributed by atoms with Crippen molar-refractivity contribution in [3.8, 4) is 0 Å². The predicted molar refractivity (Wildman–Crippen MR) is 138 cm³/mol. The van der Waals surface area contributed by atoms with Gasteiger partial charge in [-0.05, 0) is 62.5 Å². The summed E-state index contributed by atoms with van der Waals surface area (Å²) in [5.74, 6) is 0.226. The van der Waals surface area contributed by atoms with Crippen molar-refractivity contribution in [1.29, 1.82) is 0 Å². The Kier molecular flexibility index (Phi) is 9.77. The molecular weight excluding hydrogens is 406 g/mol. The van der Waals surface area contributed by atoms with Crippen molar-refractivity contribution >= 4 is 17.5 Å². The fourth-order valence-corrected chi connectivity index (χ4v) is 6.28. The number of unbranched alkanes of at least 4 members (excludes halogenated alkanes) is 4. The average molecular weight is 452 g/mol. The molecule has 1 heterocycles. The summed E-state index contributed by atoms with van der Waals surface area (Å²) in [6.07, 6.45) is 13.5. The number of imide groups is 1. The van der Waals surface area contributed by atoms with Crippen molar-refractivity contribution in [3.63, 3.8) is 0 Å². The van der Waals surface area contributed by atoms with Crippen LogP contribution < -0.4 is 4.90 Å². The lowest BCUT2D eigenvalue weighted by Crippen LogP contribution is -2.39. The Balaban J connectivity index is 2.12. The normalized spacial score (nSPS) is 25.2. The number of rotatable bonds is 13. The van der Waals surface area contributed by atoms with E-state index in [-0.39, 0.29) is 35.5 Å². The van der Waals surface area contributed by atoms with E-state index in [1.807, 2.05) is 30.3 Å². The smallest absolute Gasteiger partial charge is 0.238 e. The molecule has 0 N–H and O–H groups in total. The topological polar surface area (TPSA) is 37.4 Å². The number of hydrogen-bond acceptors (Lipinski definition) is 2. The molecule has 2 aliphatic rings. The van der Waals surface area contributed by atoms with Gasteiger partial charge in [0.05, 0.1) is 17.5 Å². The van der Waals surface area contributed by atoms with Crippen molar-refractivity contribution in [2.75, 3.05) is 4.90 Å². The molecule has 2 amide bonds. The van der Waals surface area contributed by atoms with E-state index in [2.05, 4.69) is 27.7 Å². The summed E-state index contributed by atoms with van der Waals surface area (Å²) in [6.45, 7) is 8.98. The third-order valence-corrected chi connectivity index (χ3v) is 7.92. The molecule has 1 aliphatic carbocycles. The second-order valence-electron chi connectivity index (χ2n) is 10.2. The van der Waals surface area contributed by atoms with Gasteiger partial charge in [0.15, 0.2) is 0 Å². The molecule has 3 rings (SSSR count). The Bertz CT molecular complexity index is 764. The number of fused-ring (bicyclic) bond motifs is 1. The van der Waals surface area contributed by atoms with Gasteiger partial charge in [0.1, 0.15) is 0 Å². The van der Waals surface area contributed by atoms with Crippen LogP contribution >= 0.6 is 0 Å². The molecule has 0 radical (unpaired) electrons. The molecule has 4 atom stereocenters. The number of hydrogen-bond donors (Lipinski definition) is 0. The molecule has 1 aromatic rings. The number of benzene rings is 1. The minimum Gasteiger partial charge on any atom is -0.274 e. The molecule has 0 aromatic heterocycles.